The van der Waals surface area contributed by atoms with E-state index >= 15 is 0 Å². The molecule has 2 unspecified atom stereocenters. The summed E-state index contributed by atoms with van der Waals surface area (Å²) in [5, 5.41) is 0. The minimum Gasteiger partial charge on any atom is -0.464 e. The van der Waals surface area contributed by atoms with Gasteiger partial charge in [0.05, 0.1) is 0 Å². The Hall–Kier alpha value is -1.02. The van der Waals surface area contributed by atoms with Crippen molar-refractivity contribution in [1.29, 1.82) is 0 Å². The summed E-state index contributed by atoms with van der Waals surface area (Å²) in [6, 6.07) is 8.47. The van der Waals surface area contributed by atoms with E-state index in [4.69, 9.17) is 9.47 Å². The van der Waals surface area contributed by atoms with E-state index in [1.54, 1.807) is 7.11 Å². The molecule has 1 aromatic carbocycles. The lowest BCUT2D eigenvalue weighted by Gasteiger charge is -2.29. The van der Waals surface area contributed by atoms with Crippen LogP contribution in [0.25, 0.3) is 0 Å². The first-order chi connectivity index (χ1) is 9.29. The monoisotopic (exact) mass is 278 g/mol. The lowest BCUT2D eigenvalue weighted by Crippen LogP contribution is -2.33. The fraction of sp³-hybridized carbons (Fsp3) is 0.667. The van der Waals surface area contributed by atoms with Gasteiger partial charge in [0.15, 0.2) is 0 Å². The lowest BCUT2D eigenvalue weighted by atomic mass is 9.86. The van der Waals surface area contributed by atoms with E-state index in [1.807, 2.05) is 0 Å². The van der Waals surface area contributed by atoms with Crippen LogP contribution in [0.5, 0.6) is 5.75 Å². The molecule has 0 aliphatic rings. The Labute approximate surface area is 124 Å². The van der Waals surface area contributed by atoms with Crippen LogP contribution < -0.4 is 4.74 Å². The molecule has 0 heterocycles. The van der Waals surface area contributed by atoms with E-state index in [0.717, 1.165) is 5.75 Å². The van der Waals surface area contributed by atoms with E-state index in [2.05, 4.69) is 65.8 Å². The topological polar surface area (TPSA) is 18.5 Å². The van der Waals surface area contributed by atoms with Crippen LogP contribution >= 0.6 is 0 Å². The van der Waals surface area contributed by atoms with Gasteiger partial charge in [-0.2, -0.15) is 0 Å². The van der Waals surface area contributed by atoms with Crippen LogP contribution in [0, 0.1) is 11.3 Å². The molecule has 114 valence electrons. The van der Waals surface area contributed by atoms with Crippen LogP contribution in [0.1, 0.15) is 59.4 Å². The Morgan fingerprint density at radius 3 is 1.95 bits per heavy atom. The number of hydrogen-bond donors (Lipinski definition) is 0. The third-order valence-electron chi connectivity index (χ3n) is 3.72. The third-order valence-corrected chi connectivity index (χ3v) is 3.72. The van der Waals surface area contributed by atoms with Crippen molar-refractivity contribution in [3.05, 3.63) is 29.8 Å². The van der Waals surface area contributed by atoms with Gasteiger partial charge in [-0.05, 0) is 36.0 Å². The molecule has 0 aliphatic carbocycles. The minimum absolute atomic E-state index is 0.0443. The molecule has 2 atom stereocenters. The average molecular weight is 278 g/mol. The second-order valence-corrected chi connectivity index (χ2v) is 6.88. The molecule has 0 saturated carbocycles. The lowest BCUT2D eigenvalue weighted by molar-refractivity contribution is -0.120. The van der Waals surface area contributed by atoms with Gasteiger partial charge in [0, 0.05) is 12.5 Å². The first-order valence-corrected chi connectivity index (χ1v) is 7.59. The van der Waals surface area contributed by atoms with Crippen molar-refractivity contribution in [3.8, 4) is 5.75 Å². The third kappa shape index (κ3) is 4.52. The quantitative estimate of drug-likeness (QED) is 0.663. The average Bonchev–Trinajstić information content (AvgIpc) is 2.36. The summed E-state index contributed by atoms with van der Waals surface area (Å²) in [4.78, 5) is 0. The Balaban J connectivity index is 2.81. The van der Waals surface area contributed by atoms with Crippen LogP contribution in [-0.4, -0.2) is 13.4 Å². The largest absolute Gasteiger partial charge is 0.464 e. The van der Waals surface area contributed by atoms with Crippen molar-refractivity contribution in [2.45, 2.75) is 60.2 Å². The molecule has 0 bridgehead atoms. The molecular weight excluding hydrogens is 248 g/mol. The highest BCUT2D eigenvalue weighted by Gasteiger charge is 2.26. The summed E-state index contributed by atoms with van der Waals surface area (Å²) >= 11 is 0. The molecular formula is C18H30O2. The fourth-order valence-electron chi connectivity index (χ4n) is 2.59. The molecule has 0 fully saturated rings. The van der Waals surface area contributed by atoms with Crippen LogP contribution in [-0.2, 0) is 4.74 Å². The van der Waals surface area contributed by atoms with Crippen LogP contribution in [0.15, 0.2) is 24.3 Å². The standard InChI is InChI=1S/C18H30O2/c1-8-16(13(2)3)14-9-11-15(12-10-14)20-17(19-7)18(4,5)6/h9-13,16-17H,8H2,1-7H3. The van der Waals surface area contributed by atoms with Crippen molar-refractivity contribution in [2.24, 2.45) is 11.3 Å². The van der Waals surface area contributed by atoms with Crippen LogP contribution in [0.4, 0.5) is 0 Å². The Morgan fingerprint density at radius 1 is 1.05 bits per heavy atom. The van der Waals surface area contributed by atoms with Gasteiger partial charge in [-0.1, -0.05) is 53.7 Å². The van der Waals surface area contributed by atoms with E-state index in [0.29, 0.717) is 11.8 Å². The first kappa shape index (κ1) is 17.0. The maximum Gasteiger partial charge on any atom is 0.204 e. The molecule has 1 rings (SSSR count). The van der Waals surface area contributed by atoms with E-state index < -0.39 is 0 Å². The fourth-order valence-corrected chi connectivity index (χ4v) is 2.59. The smallest absolute Gasteiger partial charge is 0.204 e. The summed E-state index contributed by atoms with van der Waals surface area (Å²) in [6.45, 7) is 13.1. The molecule has 2 nitrogen and oxygen atoms in total. The maximum atomic E-state index is 5.93. The predicted octanol–water partition coefficient (Wildman–Crippen LogP) is 5.23. The van der Waals surface area contributed by atoms with Gasteiger partial charge in [0.25, 0.3) is 0 Å². The Bertz CT molecular complexity index is 387. The van der Waals surface area contributed by atoms with E-state index in [-0.39, 0.29) is 11.7 Å². The second kappa shape index (κ2) is 7.12. The number of rotatable bonds is 6. The minimum atomic E-state index is -0.236. The highest BCUT2D eigenvalue weighted by atomic mass is 16.7. The van der Waals surface area contributed by atoms with Gasteiger partial charge < -0.3 is 9.47 Å². The van der Waals surface area contributed by atoms with Crippen molar-refractivity contribution in [1.82, 2.24) is 0 Å². The molecule has 2 heteroatoms. The van der Waals surface area contributed by atoms with Gasteiger partial charge >= 0.3 is 0 Å². The van der Waals surface area contributed by atoms with Crippen molar-refractivity contribution in [2.75, 3.05) is 7.11 Å². The summed E-state index contributed by atoms with van der Waals surface area (Å²) in [7, 11) is 1.69. The van der Waals surface area contributed by atoms with Gasteiger partial charge in [-0.25, -0.2) is 0 Å². The highest BCUT2D eigenvalue weighted by Crippen LogP contribution is 2.30. The normalized spacial score (nSPS) is 15.2. The number of hydrogen-bond acceptors (Lipinski definition) is 2. The van der Waals surface area contributed by atoms with Crippen LogP contribution in [0.3, 0.4) is 0 Å². The van der Waals surface area contributed by atoms with Crippen LogP contribution in [0.2, 0.25) is 0 Å². The highest BCUT2D eigenvalue weighted by molar-refractivity contribution is 5.29. The SMILES string of the molecule is CCC(c1ccc(OC(OC)C(C)(C)C)cc1)C(C)C. The van der Waals surface area contributed by atoms with Gasteiger partial charge in [-0.15, -0.1) is 0 Å². The van der Waals surface area contributed by atoms with Crippen molar-refractivity contribution in [3.63, 3.8) is 0 Å². The number of methoxy groups -OCH3 is 1. The predicted molar refractivity (Wildman–Crippen MR) is 85.2 cm³/mol. The molecule has 0 aliphatic heterocycles. The Morgan fingerprint density at radius 2 is 1.60 bits per heavy atom. The maximum absolute atomic E-state index is 5.93. The van der Waals surface area contributed by atoms with Gasteiger partial charge in [0.1, 0.15) is 5.75 Å². The summed E-state index contributed by atoms with van der Waals surface area (Å²) < 4.78 is 11.4. The summed E-state index contributed by atoms with van der Waals surface area (Å²) in [5.41, 5.74) is 1.34. The molecule has 20 heavy (non-hydrogen) atoms. The Kier molecular flexibility index (Phi) is 6.07. The summed E-state index contributed by atoms with van der Waals surface area (Å²) in [6.07, 6.45) is 0.931. The molecule has 0 spiro atoms. The van der Waals surface area contributed by atoms with Gasteiger partial charge in [0.2, 0.25) is 6.29 Å². The number of benzene rings is 1. The van der Waals surface area contributed by atoms with Crippen molar-refractivity contribution >= 4 is 0 Å². The molecule has 1 aromatic rings. The number of ether oxygens (including phenoxy) is 2. The zero-order chi connectivity index (χ0) is 15.3. The molecule has 0 N–H and O–H groups in total. The second-order valence-electron chi connectivity index (χ2n) is 6.88. The van der Waals surface area contributed by atoms with E-state index in [1.165, 1.54) is 12.0 Å². The zero-order valence-electron chi connectivity index (χ0n) is 14.1. The summed E-state index contributed by atoms with van der Waals surface area (Å²) in [5.74, 6) is 2.15. The van der Waals surface area contributed by atoms with E-state index in [9.17, 15) is 0 Å². The zero-order valence-corrected chi connectivity index (χ0v) is 14.1. The molecule has 0 amide bonds. The molecule has 0 saturated heterocycles. The first-order valence-electron chi connectivity index (χ1n) is 7.59. The molecule has 0 aromatic heterocycles. The van der Waals surface area contributed by atoms with Gasteiger partial charge in [-0.3, -0.25) is 0 Å². The molecule has 0 radical (unpaired) electrons. The van der Waals surface area contributed by atoms with Crippen molar-refractivity contribution < 1.29 is 9.47 Å².